The molecule has 7 heteroatoms. The molecule has 158 valence electrons. The fourth-order valence-corrected chi connectivity index (χ4v) is 3.50. The van der Waals surface area contributed by atoms with Gasteiger partial charge < -0.3 is 14.5 Å². The molecule has 0 spiro atoms. The van der Waals surface area contributed by atoms with Crippen LogP contribution in [0.1, 0.15) is 35.2 Å². The number of nitrogens with zero attached hydrogens (tertiary/aromatic N) is 3. The average Bonchev–Trinajstić information content (AvgIpc) is 3.49. The molecule has 4 rings (SSSR count). The maximum absolute atomic E-state index is 13.5. The van der Waals surface area contributed by atoms with Gasteiger partial charge in [-0.15, -0.1) is 5.10 Å². The maximum Gasteiger partial charge on any atom is 0.257 e. The number of para-hydroxylation sites is 1. The molecule has 0 saturated heterocycles. The molecule has 0 bridgehead atoms. The second-order valence-electron chi connectivity index (χ2n) is 7.02. The fourth-order valence-electron chi connectivity index (χ4n) is 3.50. The SMILES string of the molecule is CC[C@@H](C(=O)n1nc(-c2ccco2)nc1NCc1ccccc1OC)c1ccccc1. The van der Waals surface area contributed by atoms with Gasteiger partial charge in [0.05, 0.1) is 19.3 Å². The summed E-state index contributed by atoms with van der Waals surface area (Å²) in [4.78, 5) is 18.0. The van der Waals surface area contributed by atoms with E-state index in [2.05, 4.69) is 15.4 Å². The van der Waals surface area contributed by atoms with Crippen molar-refractivity contribution in [1.29, 1.82) is 0 Å². The molecule has 0 aliphatic heterocycles. The molecule has 1 N–H and O–H groups in total. The third-order valence-corrected chi connectivity index (χ3v) is 5.10. The number of rotatable bonds is 8. The Bertz CT molecular complexity index is 1140. The first-order chi connectivity index (χ1) is 15.2. The lowest BCUT2D eigenvalue weighted by atomic mass is 9.96. The lowest BCUT2D eigenvalue weighted by molar-refractivity contribution is 0.0861. The molecule has 0 amide bonds. The van der Waals surface area contributed by atoms with Gasteiger partial charge in [0, 0.05) is 12.1 Å². The molecule has 2 heterocycles. The molecular weight excluding hydrogens is 392 g/mol. The molecule has 0 radical (unpaired) electrons. The van der Waals surface area contributed by atoms with E-state index in [1.807, 2.05) is 61.5 Å². The third-order valence-electron chi connectivity index (χ3n) is 5.10. The van der Waals surface area contributed by atoms with E-state index in [4.69, 9.17) is 9.15 Å². The minimum atomic E-state index is -0.334. The molecule has 7 nitrogen and oxygen atoms in total. The van der Waals surface area contributed by atoms with E-state index in [1.54, 1.807) is 25.5 Å². The summed E-state index contributed by atoms with van der Waals surface area (Å²) in [6.07, 6.45) is 2.20. The predicted molar refractivity (Wildman–Crippen MR) is 118 cm³/mol. The number of carbonyl (C=O) groups is 1. The molecule has 2 aromatic carbocycles. The van der Waals surface area contributed by atoms with Crippen molar-refractivity contribution in [2.75, 3.05) is 12.4 Å². The molecule has 0 unspecified atom stereocenters. The highest BCUT2D eigenvalue weighted by Gasteiger charge is 2.26. The van der Waals surface area contributed by atoms with Crippen molar-refractivity contribution in [3.8, 4) is 17.3 Å². The van der Waals surface area contributed by atoms with E-state index in [0.717, 1.165) is 16.9 Å². The molecule has 0 aliphatic rings. The average molecular weight is 416 g/mol. The Morgan fingerprint density at radius 2 is 1.87 bits per heavy atom. The van der Waals surface area contributed by atoms with Crippen LogP contribution in [0.5, 0.6) is 5.75 Å². The molecule has 0 aliphatic carbocycles. The number of nitrogens with one attached hydrogen (secondary N) is 1. The topological polar surface area (TPSA) is 82.2 Å². The summed E-state index contributed by atoms with van der Waals surface area (Å²) in [7, 11) is 1.63. The van der Waals surface area contributed by atoms with Crippen molar-refractivity contribution >= 4 is 11.9 Å². The smallest absolute Gasteiger partial charge is 0.257 e. The molecule has 2 aromatic heterocycles. The zero-order valence-electron chi connectivity index (χ0n) is 17.5. The van der Waals surface area contributed by atoms with E-state index in [0.29, 0.717) is 30.5 Å². The number of furan rings is 1. The molecule has 4 aromatic rings. The number of hydrogen-bond donors (Lipinski definition) is 1. The molecule has 0 fully saturated rings. The number of benzene rings is 2. The molecule has 31 heavy (non-hydrogen) atoms. The van der Waals surface area contributed by atoms with Crippen LogP contribution in [-0.4, -0.2) is 27.8 Å². The van der Waals surface area contributed by atoms with Crippen molar-refractivity contribution in [1.82, 2.24) is 14.8 Å². The standard InChI is InChI=1S/C24H24N4O3/c1-3-19(17-10-5-4-6-11-17)23(29)28-24(26-22(27-28)21-14-9-15-31-21)25-16-18-12-7-8-13-20(18)30-2/h4-15,19H,3,16H2,1-2H3,(H,25,26,27)/t19-/m1/s1. The number of ether oxygens (including phenoxy) is 1. The second kappa shape index (κ2) is 9.30. The lowest BCUT2D eigenvalue weighted by Gasteiger charge is -2.15. The Morgan fingerprint density at radius 1 is 1.10 bits per heavy atom. The number of methoxy groups -OCH3 is 1. The highest BCUT2D eigenvalue weighted by molar-refractivity contribution is 5.87. The first-order valence-electron chi connectivity index (χ1n) is 10.2. The van der Waals surface area contributed by atoms with Crippen LogP contribution in [0.2, 0.25) is 0 Å². The zero-order valence-corrected chi connectivity index (χ0v) is 17.5. The van der Waals surface area contributed by atoms with Gasteiger partial charge in [0.1, 0.15) is 5.75 Å². The van der Waals surface area contributed by atoms with Gasteiger partial charge in [-0.05, 0) is 30.2 Å². The number of hydrogen-bond acceptors (Lipinski definition) is 6. The van der Waals surface area contributed by atoms with E-state index in [1.165, 1.54) is 4.68 Å². The van der Waals surface area contributed by atoms with Gasteiger partial charge in [-0.1, -0.05) is 55.5 Å². The van der Waals surface area contributed by atoms with Crippen LogP contribution in [-0.2, 0) is 6.54 Å². The minimum absolute atomic E-state index is 0.151. The summed E-state index contributed by atoms with van der Waals surface area (Å²) in [6.45, 7) is 2.41. The molecule has 1 atom stereocenters. The number of carbonyl (C=O) groups excluding carboxylic acids is 1. The van der Waals surface area contributed by atoms with Gasteiger partial charge in [0.25, 0.3) is 5.91 Å². The predicted octanol–water partition coefficient (Wildman–Crippen LogP) is 4.99. The summed E-state index contributed by atoms with van der Waals surface area (Å²) in [6, 6.07) is 20.9. The van der Waals surface area contributed by atoms with Gasteiger partial charge in [0.15, 0.2) is 5.76 Å². The summed E-state index contributed by atoms with van der Waals surface area (Å²) >= 11 is 0. The van der Waals surface area contributed by atoms with Crippen LogP contribution < -0.4 is 10.1 Å². The van der Waals surface area contributed by atoms with E-state index in [-0.39, 0.29) is 11.8 Å². The summed E-state index contributed by atoms with van der Waals surface area (Å²) in [5.41, 5.74) is 1.89. The van der Waals surface area contributed by atoms with Crippen LogP contribution in [0.3, 0.4) is 0 Å². The van der Waals surface area contributed by atoms with Crippen LogP contribution in [0.25, 0.3) is 11.6 Å². The lowest BCUT2D eigenvalue weighted by Crippen LogP contribution is -2.23. The van der Waals surface area contributed by atoms with Gasteiger partial charge in [0.2, 0.25) is 11.8 Å². The quantitative estimate of drug-likeness (QED) is 0.436. The molecule has 0 saturated carbocycles. The van der Waals surface area contributed by atoms with Crippen LogP contribution in [0, 0.1) is 0 Å². The van der Waals surface area contributed by atoms with Crippen molar-refractivity contribution in [2.45, 2.75) is 25.8 Å². The molecular formula is C24H24N4O3. The summed E-state index contributed by atoms with van der Waals surface area (Å²) in [5.74, 6) is 1.48. The van der Waals surface area contributed by atoms with E-state index < -0.39 is 0 Å². The minimum Gasteiger partial charge on any atom is -0.496 e. The summed E-state index contributed by atoms with van der Waals surface area (Å²) in [5, 5.41) is 7.72. The highest BCUT2D eigenvalue weighted by Crippen LogP contribution is 2.26. The van der Waals surface area contributed by atoms with Crippen molar-refractivity contribution in [3.63, 3.8) is 0 Å². The fraction of sp³-hybridized carbons (Fsp3) is 0.208. The van der Waals surface area contributed by atoms with Crippen molar-refractivity contribution < 1.29 is 13.9 Å². The highest BCUT2D eigenvalue weighted by atomic mass is 16.5. The Kier molecular flexibility index (Phi) is 6.12. The van der Waals surface area contributed by atoms with E-state index in [9.17, 15) is 4.79 Å². The second-order valence-corrected chi connectivity index (χ2v) is 7.02. The van der Waals surface area contributed by atoms with E-state index >= 15 is 0 Å². The van der Waals surface area contributed by atoms with Crippen LogP contribution in [0.4, 0.5) is 5.95 Å². The third kappa shape index (κ3) is 4.35. The van der Waals surface area contributed by atoms with Gasteiger partial charge in [-0.25, -0.2) is 0 Å². The Balaban J connectivity index is 1.68. The first-order valence-corrected chi connectivity index (χ1v) is 10.2. The van der Waals surface area contributed by atoms with Gasteiger partial charge in [-0.3, -0.25) is 4.79 Å². The van der Waals surface area contributed by atoms with Gasteiger partial charge in [-0.2, -0.15) is 9.67 Å². The van der Waals surface area contributed by atoms with Crippen LogP contribution >= 0.6 is 0 Å². The summed E-state index contributed by atoms with van der Waals surface area (Å²) < 4.78 is 12.2. The van der Waals surface area contributed by atoms with Crippen molar-refractivity contribution in [3.05, 3.63) is 84.1 Å². The number of anilines is 1. The van der Waals surface area contributed by atoms with Gasteiger partial charge >= 0.3 is 0 Å². The monoisotopic (exact) mass is 416 g/mol. The van der Waals surface area contributed by atoms with Crippen molar-refractivity contribution in [2.24, 2.45) is 0 Å². The normalized spacial score (nSPS) is 11.8. The Labute approximate surface area is 180 Å². The first kappa shape index (κ1) is 20.4. The Hall–Kier alpha value is -3.87. The van der Waals surface area contributed by atoms with Crippen LogP contribution in [0.15, 0.2) is 77.4 Å². The zero-order chi connectivity index (χ0) is 21.6. The maximum atomic E-state index is 13.5. The Morgan fingerprint density at radius 3 is 2.58 bits per heavy atom. The largest absolute Gasteiger partial charge is 0.496 e. The number of aromatic nitrogens is 3.